The predicted octanol–water partition coefficient (Wildman–Crippen LogP) is 5.62. The van der Waals surface area contributed by atoms with Crippen LogP contribution in [-0.2, 0) is 27.8 Å². The number of benzene rings is 1. The standard InChI is InChI=1S/C29H37N3O2/c1-9-29(7,8)26-23(16-24-28(34)30-19(6)27(33)31-24)22-15-13-20(12-10-17(2)3)21(25(22)32-26)14-11-18(4)5/h9-11,13,15-16,19,32H,1,12,14H2,2-8H3,(H,30,34)(H,31,33)/b24-16-. The van der Waals surface area contributed by atoms with Gasteiger partial charge in [-0.3, -0.25) is 9.59 Å². The Hall–Kier alpha value is -3.34. The highest BCUT2D eigenvalue weighted by Gasteiger charge is 2.29. The summed E-state index contributed by atoms with van der Waals surface area (Å²) < 4.78 is 0. The number of H-pyrrole nitrogens is 1. The largest absolute Gasteiger partial charge is 0.357 e. The quantitative estimate of drug-likeness (QED) is 0.371. The Morgan fingerprint density at radius 3 is 2.32 bits per heavy atom. The summed E-state index contributed by atoms with van der Waals surface area (Å²) in [7, 11) is 0. The molecule has 1 aromatic carbocycles. The first-order chi connectivity index (χ1) is 15.9. The summed E-state index contributed by atoms with van der Waals surface area (Å²) in [5.74, 6) is -0.503. The van der Waals surface area contributed by atoms with Crippen LogP contribution in [0.1, 0.15) is 70.9 Å². The van der Waals surface area contributed by atoms with Crippen LogP contribution in [0, 0.1) is 0 Å². The van der Waals surface area contributed by atoms with Crippen LogP contribution in [0.4, 0.5) is 0 Å². The molecule has 1 unspecified atom stereocenters. The minimum atomic E-state index is -0.551. The van der Waals surface area contributed by atoms with Crippen molar-refractivity contribution in [2.24, 2.45) is 0 Å². The summed E-state index contributed by atoms with van der Waals surface area (Å²) in [6.45, 7) is 18.3. The smallest absolute Gasteiger partial charge is 0.268 e. The summed E-state index contributed by atoms with van der Waals surface area (Å²) in [5, 5.41) is 6.52. The van der Waals surface area contributed by atoms with E-state index in [-0.39, 0.29) is 22.9 Å². The van der Waals surface area contributed by atoms with Crippen LogP contribution in [0.2, 0.25) is 0 Å². The summed E-state index contributed by atoms with van der Waals surface area (Å²) in [6.07, 6.45) is 9.85. The second kappa shape index (κ2) is 9.88. The number of fused-ring (bicyclic) bond motifs is 1. The molecule has 3 rings (SSSR count). The van der Waals surface area contributed by atoms with Gasteiger partial charge >= 0.3 is 0 Å². The zero-order valence-electron chi connectivity index (χ0n) is 21.5. The van der Waals surface area contributed by atoms with E-state index in [9.17, 15) is 9.59 Å². The van der Waals surface area contributed by atoms with Crippen molar-refractivity contribution in [3.63, 3.8) is 0 Å². The maximum atomic E-state index is 12.7. The lowest BCUT2D eigenvalue weighted by atomic mass is 9.86. The van der Waals surface area contributed by atoms with E-state index in [1.54, 1.807) is 13.0 Å². The minimum absolute atomic E-state index is 0.219. The van der Waals surface area contributed by atoms with Crippen LogP contribution in [0.3, 0.4) is 0 Å². The Kier molecular flexibility index (Phi) is 7.35. The average Bonchev–Trinajstić information content (AvgIpc) is 3.13. The molecule has 0 spiro atoms. The zero-order chi connectivity index (χ0) is 25.2. The molecule has 180 valence electrons. The number of aromatic nitrogens is 1. The Morgan fingerprint density at radius 1 is 1.06 bits per heavy atom. The number of hydrogen-bond acceptors (Lipinski definition) is 2. The average molecular weight is 460 g/mol. The number of carbonyl (C=O) groups excluding carboxylic acids is 2. The molecule has 2 aromatic rings. The van der Waals surface area contributed by atoms with E-state index in [0.29, 0.717) is 0 Å². The van der Waals surface area contributed by atoms with Crippen LogP contribution in [0.15, 0.2) is 53.8 Å². The molecule has 1 atom stereocenters. The number of carbonyl (C=O) groups is 2. The molecular formula is C29H37N3O2. The van der Waals surface area contributed by atoms with Crippen LogP contribution < -0.4 is 10.6 Å². The molecular weight excluding hydrogens is 422 g/mol. The molecule has 5 heteroatoms. The monoisotopic (exact) mass is 459 g/mol. The van der Waals surface area contributed by atoms with Gasteiger partial charge in [0.1, 0.15) is 11.7 Å². The highest BCUT2D eigenvalue weighted by molar-refractivity contribution is 6.08. The number of hydrogen-bond donors (Lipinski definition) is 3. The fourth-order valence-corrected chi connectivity index (χ4v) is 4.07. The summed E-state index contributed by atoms with van der Waals surface area (Å²) in [5.41, 5.74) is 7.86. The van der Waals surface area contributed by atoms with Crippen LogP contribution in [0.25, 0.3) is 17.0 Å². The van der Waals surface area contributed by atoms with Gasteiger partial charge in [0.15, 0.2) is 0 Å². The van der Waals surface area contributed by atoms with E-state index in [1.165, 1.54) is 22.3 Å². The highest BCUT2D eigenvalue weighted by atomic mass is 16.2. The molecule has 34 heavy (non-hydrogen) atoms. The number of amides is 2. The number of allylic oxidation sites excluding steroid dienone is 5. The van der Waals surface area contributed by atoms with Gasteiger partial charge in [-0.2, -0.15) is 0 Å². The van der Waals surface area contributed by atoms with E-state index < -0.39 is 6.04 Å². The van der Waals surface area contributed by atoms with Gasteiger partial charge in [0.25, 0.3) is 5.91 Å². The molecule has 0 saturated carbocycles. The van der Waals surface area contributed by atoms with Gasteiger partial charge in [-0.15, -0.1) is 6.58 Å². The zero-order valence-corrected chi connectivity index (χ0v) is 21.5. The van der Waals surface area contributed by atoms with Gasteiger partial charge in [0, 0.05) is 22.1 Å². The maximum absolute atomic E-state index is 12.7. The Balaban J connectivity index is 2.31. The lowest BCUT2D eigenvalue weighted by Gasteiger charge is -2.23. The van der Waals surface area contributed by atoms with E-state index in [0.717, 1.165) is 35.0 Å². The summed E-state index contributed by atoms with van der Waals surface area (Å²) in [6, 6.07) is 3.75. The van der Waals surface area contributed by atoms with Gasteiger partial charge in [0.2, 0.25) is 5.91 Å². The van der Waals surface area contributed by atoms with Crippen molar-refractivity contribution in [2.75, 3.05) is 0 Å². The van der Waals surface area contributed by atoms with Crippen LogP contribution in [0.5, 0.6) is 0 Å². The van der Waals surface area contributed by atoms with E-state index >= 15 is 0 Å². The molecule has 2 heterocycles. The Labute approximate surface area is 203 Å². The molecule has 1 fully saturated rings. The van der Waals surface area contributed by atoms with Gasteiger partial charge in [-0.05, 0) is 64.7 Å². The first kappa shape index (κ1) is 25.3. The highest BCUT2D eigenvalue weighted by Crippen LogP contribution is 2.36. The second-order valence-electron chi connectivity index (χ2n) is 10.2. The van der Waals surface area contributed by atoms with Crippen molar-refractivity contribution in [3.05, 3.63) is 76.2 Å². The summed E-state index contributed by atoms with van der Waals surface area (Å²) >= 11 is 0. The Bertz CT molecular complexity index is 1230. The van der Waals surface area contributed by atoms with Gasteiger partial charge in [-0.25, -0.2) is 0 Å². The second-order valence-corrected chi connectivity index (χ2v) is 10.2. The van der Waals surface area contributed by atoms with E-state index in [4.69, 9.17) is 0 Å². The van der Waals surface area contributed by atoms with Crippen LogP contribution in [-0.4, -0.2) is 22.8 Å². The topological polar surface area (TPSA) is 74.0 Å². The third kappa shape index (κ3) is 5.24. The number of piperazine rings is 1. The van der Waals surface area contributed by atoms with Crippen molar-refractivity contribution < 1.29 is 9.59 Å². The van der Waals surface area contributed by atoms with Gasteiger partial charge in [-0.1, -0.05) is 55.4 Å². The third-order valence-electron chi connectivity index (χ3n) is 6.35. The third-order valence-corrected chi connectivity index (χ3v) is 6.35. The molecule has 1 aromatic heterocycles. The van der Waals surface area contributed by atoms with E-state index in [1.807, 2.05) is 6.08 Å². The molecule has 2 amide bonds. The number of rotatable bonds is 7. The van der Waals surface area contributed by atoms with Crippen molar-refractivity contribution >= 4 is 28.8 Å². The molecule has 0 bridgehead atoms. The lowest BCUT2D eigenvalue weighted by Crippen LogP contribution is -2.53. The first-order valence-corrected chi connectivity index (χ1v) is 11.8. The number of aromatic amines is 1. The fourth-order valence-electron chi connectivity index (χ4n) is 4.07. The predicted molar refractivity (Wildman–Crippen MR) is 142 cm³/mol. The van der Waals surface area contributed by atoms with Crippen molar-refractivity contribution in [1.29, 1.82) is 0 Å². The molecule has 0 aliphatic carbocycles. The minimum Gasteiger partial charge on any atom is -0.357 e. The number of nitrogens with one attached hydrogen (secondary N) is 3. The molecule has 5 nitrogen and oxygen atoms in total. The van der Waals surface area contributed by atoms with Gasteiger partial charge < -0.3 is 15.6 Å². The van der Waals surface area contributed by atoms with Crippen molar-refractivity contribution in [1.82, 2.24) is 15.6 Å². The SMILES string of the molecule is C=CC(C)(C)c1[nH]c2c(CC=C(C)C)c(CC=C(C)C)ccc2c1/C=C1\NC(=O)C(C)NC1=O. The maximum Gasteiger partial charge on any atom is 0.268 e. The fraction of sp³-hybridized carbons (Fsp3) is 0.379. The molecule has 1 aliphatic heterocycles. The van der Waals surface area contributed by atoms with Crippen LogP contribution >= 0.6 is 0 Å². The first-order valence-electron chi connectivity index (χ1n) is 11.8. The van der Waals surface area contributed by atoms with Crippen molar-refractivity contribution in [3.8, 4) is 0 Å². The Morgan fingerprint density at radius 2 is 1.71 bits per heavy atom. The summed E-state index contributed by atoms with van der Waals surface area (Å²) in [4.78, 5) is 28.6. The van der Waals surface area contributed by atoms with E-state index in [2.05, 4.69) is 88.0 Å². The van der Waals surface area contributed by atoms with Crippen molar-refractivity contribution in [2.45, 2.75) is 72.8 Å². The molecule has 1 aliphatic rings. The lowest BCUT2D eigenvalue weighted by molar-refractivity contribution is -0.130. The molecule has 3 N–H and O–H groups in total. The molecule has 0 radical (unpaired) electrons. The molecule has 1 saturated heterocycles. The normalized spacial score (nSPS) is 17.4. The van der Waals surface area contributed by atoms with Gasteiger partial charge in [0.05, 0.1) is 5.52 Å².